The second-order valence-electron chi connectivity index (χ2n) is 3.70. The molecule has 1 N–H and O–H groups in total. The van der Waals surface area contributed by atoms with Crippen LogP contribution < -0.4 is 5.32 Å². The molecule has 2 aromatic rings. The summed E-state index contributed by atoms with van der Waals surface area (Å²) in [5, 5.41) is 6.64. The van der Waals surface area contributed by atoms with E-state index in [0.717, 1.165) is 20.6 Å². The Labute approximate surface area is 108 Å². The lowest BCUT2D eigenvalue weighted by Crippen LogP contribution is -2.23. The molecule has 0 atom stereocenters. The van der Waals surface area contributed by atoms with E-state index < -0.39 is 0 Å². The maximum Gasteiger partial charge on any atom is 0.271 e. The SMILES string of the molecule is Cc1csc(CNC(=O)c2nc(C)sc2C)n1. The van der Waals surface area contributed by atoms with Gasteiger partial charge in [-0.05, 0) is 20.8 Å². The number of aryl methyl sites for hydroxylation is 3. The highest BCUT2D eigenvalue weighted by molar-refractivity contribution is 7.11. The molecule has 0 saturated heterocycles. The van der Waals surface area contributed by atoms with Crippen molar-refractivity contribution in [1.82, 2.24) is 15.3 Å². The number of hydrogen-bond acceptors (Lipinski definition) is 5. The van der Waals surface area contributed by atoms with Gasteiger partial charge in [0, 0.05) is 16.0 Å². The minimum absolute atomic E-state index is 0.125. The molecule has 2 rings (SSSR count). The first-order valence-corrected chi connectivity index (χ1v) is 6.89. The first kappa shape index (κ1) is 12.2. The molecule has 0 spiro atoms. The number of hydrogen-bond donors (Lipinski definition) is 1. The minimum Gasteiger partial charge on any atom is -0.344 e. The van der Waals surface area contributed by atoms with Crippen LogP contribution in [0, 0.1) is 20.8 Å². The quantitative estimate of drug-likeness (QED) is 0.929. The van der Waals surface area contributed by atoms with Gasteiger partial charge in [0.2, 0.25) is 0 Å². The third kappa shape index (κ3) is 2.89. The van der Waals surface area contributed by atoms with Crippen LogP contribution in [-0.2, 0) is 6.54 Å². The van der Waals surface area contributed by atoms with Crippen molar-refractivity contribution in [1.29, 1.82) is 0 Å². The summed E-state index contributed by atoms with van der Waals surface area (Å²) in [6.45, 7) is 6.22. The van der Waals surface area contributed by atoms with Crippen molar-refractivity contribution in [2.75, 3.05) is 0 Å². The zero-order valence-electron chi connectivity index (χ0n) is 9.90. The Morgan fingerprint density at radius 1 is 1.35 bits per heavy atom. The van der Waals surface area contributed by atoms with Gasteiger partial charge >= 0.3 is 0 Å². The monoisotopic (exact) mass is 267 g/mol. The molecule has 2 aromatic heterocycles. The number of aromatic nitrogens is 2. The average Bonchev–Trinajstić information content (AvgIpc) is 2.81. The molecule has 4 nitrogen and oxygen atoms in total. The molecular formula is C11H13N3OS2. The number of thiazole rings is 2. The number of carbonyl (C=O) groups excluding carboxylic acids is 1. The summed E-state index contributed by atoms with van der Waals surface area (Å²) in [5.41, 5.74) is 1.51. The van der Waals surface area contributed by atoms with Crippen molar-refractivity contribution >= 4 is 28.6 Å². The van der Waals surface area contributed by atoms with Crippen LogP contribution in [0.3, 0.4) is 0 Å². The first-order chi connectivity index (χ1) is 8.06. The van der Waals surface area contributed by atoms with Crippen LogP contribution in [-0.4, -0.2) is 15.9 Å². The lowest BCUT2D eigenvalue weighted by atomic mass is 10.3. The molecule has 0 aliphatic carbocycles. The molecule has 1 amide bonds. The fraction of sp³-hybridized carbons (Fsp3) is 0.364. The summed E-state index contributed by atoms with van der Waals surface area (Å²) >= 11 is 3.09. The summed E-state index contributed by atoms with van der Waals surface area (Å²) in [6, 6.07) is 0. The van der Waals surface area contributed by atoms with Gasteiger partial charge in [-0.2, -0.15) is 0 Å². The fourth-order valence-electron chi connectivity index (χ4n) is 1.46. The predicted molar refractivity (Wildman–Crippen MR) is 69.6 cm³/mol. The largest absolute Gasteiger partial charge is 0.344 e. The van der Waals surface area contributed by atoms with Crippen LogP contribution in [0.1, 0.15) is 31.1 Å². The molecule has 0 aromatic carbocycles. The molecule has 0 radical (unpaired) electrons. The Morgan fingerprint density at radius 2 is 2.12 bits per heavy atom. The maximum atomic E-state index is 11.9. The number of nitrogens with zero attached hydrogens (tertiary/aromatic N) is 2. The lowest BCUT2D eigenvalue weighted by Gasteiger charge is -2.00. The molecule has 17 heavy (non-hydrogen) atoms. The summed E-state index contributed by atoms with van der Waals surface area (Å²) < 4.78 is 0. The van der Waals surface area contributed by atoms with Gasteiger partial charge in [-0.15, -0.1) is 22.7 Å². The first-order valence-electron chi connectivity index (χ1n) is 5.19. The van der Waals surface area contributed by atoms with Crippen LogP contribution in [0.25, 0.3) is 0 Å². The second-order valence-corrected chi connectivity index (χ2v) is 6.05. The maximum absolute atomic E-state index is 11.9. The Kier molecular flexibility index (Phi) is 3.54. The topological polar surface area (TPSA) is 54.9 Å². The summed E-state index contributed by atoms with van der Waals surface area (Å²) in [6.07, 6.45) is 0. The number of carbonyl (C=O) groups is 1. The van der Waals surface area contributed by atoms with Crippen LogP contribution in [0.4, 0.5) is 0 Å². The van der Waals surface area contributed by atoms with Gasteiger partial charge in [0.25, 0.3) is 5.91 Å². The third-order valence-electron chi connectivity index (χ3n) is 2.19. The molecule has 0 fully saturated rings. The van der Waals surface area contributed by atoms with E-state index in [1.807, 2.05) is 26.2 Å². The van der Waals surface area contributed by atoms with E-state index >= 15 is 0 Å². The smallest absolute Gasteiger partial charge is 0.271 e. The van der Waals surface area contributed by atoms with Crippen molar-refractivity contribution in [3.05, 3.63) is 31.7 Å². The molecule has 0 aliphatic rings. The van der Waals surface area contributed by atoms with Gasteiger partial charge in [0.05, 0.1) is 11.6 Å². The van der Waals surface area contributed by atoms with E-state index in [1.54, 1.807) is 11.3 Å². The molecule has 90 valence electrons. The van der Waals surface area contributed by atoms with Crippen molar-refractivity contribution in [3.63, 3.8) is 0 Å². The van der Waals surface area contributed by atoms with Gasteiger partial charge in [-0.25, -0.2) is 9.97 Å². The Bertz CT molecular complexity index is 545. The molecule has 0 aliphatic heterocycles. The molecule has 0 bridgehead atoms. The highest BCUT2D eigenvalue weighted by Crippen LogP contribution is 2.16. The third-order valence-corrected chi connectivity index (χ3v) is 4.04. The van der Waals surface area contributed by atoms with Crippen LogP contribution >= 0.6 is 22.7 Å². The van der Waals surface area contributed by atoms with E-state index in [9.17, 15) is 4.79 Å². The van der Waals surface area contributed by atoms with Gasteiger partial charge in [0.1, 0.15) is 10.7 Å². The van der Waals surface area contributed by atoms with E-state index in [1.165, 1.54) is 11.3 Å². The lowest BCUT2D eigenvalue weighted by molar-refractivity contribution is 0.0946. The zero-order chi connectivity index (χ0) is 12.4. The van der Waals surface area contributed by atoms with E-state index in [2.05, 4.69) is 15.3 Å². The zero-order valence-corrected chi connectivity index (χ0v) is 11.5. The number of nitrogens with one attached hydrogen (secondary N) is 1. The molecule has 6 heteroatoms. The summed E-state index contributed by atoms with van der Waals surface area (Å²) in [4.78, 5) is 21.3. The van der Waals surface area contributed by atoms with Crippen LogP contribution in [0.2, 0.25) is 0 Å². The Hall–Kier alpha value is -1.27. The Morgan fingerprint density at radius 3 is 2.65 bits per heavy atom. The summed E-state index contributed by atoms with van der Waals surface area (Å²) in [7, 11) is 0. The van der Waals surface area contributed by atoms with Gasteiger partial charge in [0.15, 0.2) is 0 Å². The van der Waals surface area contributed by atoms with Crippen molar-refractivity contribution in [2.45, 2.75) is 27.3 Å². The van der Waals surface area contributed by atoms with Crippen LogP contribution in [0.5, 0.6) is 0 Å². The van der Waals surface area contributed by atoms with Gasteiger partial charge < -0.3 is 5.32 Å². The van der Waals surface area contributed by atoms with E-state index in [0.29, 0.717) is 12.2 Å². The average molecular weight is 267 g/mol. The minimum atomic E-state index is -0.125. The van der Waals surface area contributed by atoms with E-state index in [-0.39, 0.29) is 5.91 Å². The standard InChI is InChI=1S/C11H13N3OS2/c1-6-5-16-9(13-6)4-12-11(15)10-7(2)17-8(3)14-10/h5H,4H2,1-3H3,(H,12,15). The molecule has 0 saturated carbocycles. The van der Waals surface area contributed by atoms with Crippen molar-refractivity contribution in [2.24, 2.45) is 0 Å². The van der Waals surface area contributed by atoms with Gasteiger partial charge in [-0.3, -0.25) is 4.79 Å². The molecular weight excluding hydrogens is 254 g/mol. The van der Waals surface area contributed by atoms with Crippen molar-refractivity contribution < 1.29 is 4.79 Å². The predicted octanol–water partition coefficient (Wildman–Crippen LogP) is 2.45. The van der Waals surface area contributed by atoms with Crippen molar-refractivity contribution in [3.8, 4) is 0 Å². The fourth-order valence-corrected chi connectivity index (χ4v) is 2.99. The number of rotatable bonds is 3. The normalized spacial score (nSPS) is 10.5. The molecule has 2 heterocycles. The second kappa shape index (κ2) is 4.93. The highest BCUT2D eigenvalue weighted by atomic mass is 32.1. The van der Waals surface area contributed by atoms with Crippen LogP contribution in [0.15, 0.2) is 5.38 Å². The number of amides is 1. The molecule has 0 unspecified atom stereocenters. The summed E-state index contributed by atoms with van der Waals surface area (Å²) in [5.74, 6) is -0.125. The van der Waals surface area contributed by atoms with E-state index in [4.69, 9.17) is 0 Å². The highest BCUT2D eigenvalue weighted by Gasteiger charge is 2.13. The van der Waals surface area contributed by atoms with Gasteiger partial charge in [-0.1, -0.05) is 0 Å². The Balaban J connectivity index is 2.00.